The molecule has 24 heavy (non-hydrogen) atoms. The molecule has 0 spiro atoms. The summed E-state index contributed by atoms with van der Waals surface area (Å²) in [7, 11) is -3.25. The average Bonchev–Trinajstić information content (AvgIpc) is 2.99. The Morgan fingerprint density at radius 3 is 2.50 bits per heavy atom. The predicted molar refractivity (Wildman–Crippen MR) is 99.8 cm³/mol. The van der Waals surface area contributed by atoms with Crippen molar-refractivity contribution < 1.29 is 8.42 Å². The Morgan fingerprint density at radius 1 is 1.00 bits per heavy atom. The first-order valence-electron chi connectivity index (χ1n) is 7.69. The maximum atomic E-state index is 12.5. The van der Waals surface area contributed by atoms with Gasteiger partial charge in [-0.1, -0.05) is 54.1 Å². The number of sulfone groups is 1. The van der Waals surface area contributed by atoms with Crippen molar-refractivity contribution in [2.75, 3.05) is 0 Å². The largest absolute Gasteiger partial charge is 0.240 e. The maximum absolute atomic E-state index is 12.5. The van der Waals surface area contributed by atoms with Gasteiger partial charge in [0.15, 0.2) is 9.84 Å². The molecule has 0 aliphatic heterocycles. The van der Waals surface area contributed by atoms with Crippen molar-refractivity contribution in [3.63, 3.8) is 0 Å². The molecule has 0 radical (unpaired) electrons. The zero-order valence-electron chi connectivity index (χ0n) is 13.7. The van der Waals surface area contributed by atoms with Crippen molar-refractivity contribution >= 4 is 21.2 Å². The fraction of sp³-hybridized carbons (Fsp3) is 0.211. The minimum absolute atomic E-state index is 0.0241. The van der Waals surface area contributed by atoms with Crippen LogP contribution in [0.15, 0.2) is 53.9 Å². The highest BCUT2D eigenvalue weighted by molar-refractivity contribution is 7.89. The quantitative estimate of drug-likeness (QED) is 0.673. The van der Waals surface area contributed by atoms with Crippen LogP contribution in [0.5, 0.6) is 0 Å². The maximum Gasteiger partial charge on any atom is 0.160 e. The molecule has 0 fully saturated rings. The second-order valence-electron chi connectivity index (χ2n) is 5.97. The van der Waals surface area contributed by atoms with Gasteiger partial charge in [-0.2, -0.15) is 0 Å². The Labute approximate surface area is 146 Å². The minimum Gasteiger partial charge on any atom is -0.240 e. The highest BCUT2D eigenvalue weighted by atomic mass is 32.2. The van der Waals surface area contributed by atoms with E-state index in [9.17, 15) is 8.42 Å². The summed E-state index contributed by atoms with van der Waals surface area (Å²) in [6.45, 7) is 3.92. The van der Waals surface area contributed by atoms with Crippen molar-refractivity contribution in [2.24, 2.45) is 0 Å². The average molecular weight is 358 g/mol. The number of hydrogen-bond donors (Lipinski definition) is 0. The summed E-state index contributed by atoms with van der Waals surface area (Å²) in [6.07, 6.45) is 0. The fourth-order valence-electron chi connectivity index (χ4n) is 2.56. The van der Waals surface area contributed by atoms with Crippen molar-refractivity contribution in [2.45, 2.75) is 25.4 Å². The molecule has 2 aromatic carbocycles. The topological polar surface area (TPSA) is 47.0 Å². The van der Waals surface area contributed by atoms with Crippen LogP contribution < -0.4 is 0 Å². The summed E-state index contributed by atoms with van der Waals surface area (Å²) < 4.78 is 25.1. The van der Waals surface area contributed by atoms with Crippen molar-refractivity contribution in [1.29, 1.82) is 0 Å². The molecule has 1 heterocycles. The number of benzene rings is 2. The number of aryl methyl sites for hydroxylation is 2. The summed E-state index contributed by atoms with van der Waals surface area (Å²) in [5.41, 5.74) is 4.58. The summed E-state index contributed by atoms with van der Waals surface area (Å²) >= 11 is 1.48. The summed E-state index contributed by atoms with van der Waals surface area (Å²) in [4.78, 5) is 4.49. The molecule has 3 aromatic rings. The van der Waals surface area contributed by atoms with Crippen LogP contribution in [0.3, 0.4) is 0 Å². The van der Waals surface area contributed by atoms with Crippen LogP contribution in [-0.4, -0.2) is 13.4 Å². The Kier molecular flexibility index (Phi) is 4.83. The lowest BCUT2D eigenvalue weighted by Crippen LogP contribution is -2.09. The highest BCUT2D eigenvalue weighted by Crippen LogP contribution is 2.25. The van der Waals surface area contributed by atoms with E-state index in [0.717, 1.165) is 27.3 Å². The Bertz CT molecular complexity index is 945. The molecule has 3 nitrogen and oxygen atoms in total. The smallest absolute Gasteiger partial charge is 0.160 e. The molecule has 0 unspecified atom stereocenters. The van der Waals surface area contributed by atoms with Crippen LogP contribution in [0.4, 0.5) is 0 Å². The molecular formula is C19H19NO2S2. The van der Waals surface area contributed by atoms with E-state index in [-0.39, 0.29) is 11.5 Å². The number of hydrogen-bond acceptors (Lipinski definition) is 4. The number of aromatic nitrogens is 1. The molecule has 124 valence electrons. The van der Waals surface area contributed by atoms with E-state index >= 15 is 0 Å². The van der Waals surface area contributed by atoms with E-state index in [1.807, 2.05) is 67.8 Å². The van der Waals surface area contributed by atoms with E-state index in [1.165, 1.54) is 11.3 Å². The van der Waals surface area contributed by atoms with Crippen molar-refractivity contribution in [3.8, 4) is 10.6 Å². The van der Waals surface area contributed by atoms with Gasteiger partial charge in [0.25, 0.3) is 0 Å². The summed E-state index contributed by atoms with van der Waals surface area (Å²) in [5, 5.41) is 2.69. The molecule has 1 aromatic heterocycles. The molecule has 0 atom stereocenters. The highest BCUT2D eigenvalue weighted by Gasteiger charge is 2.17. The molecule has 0 bridgehead atoms. The third-order valence-corrected chi connectivity index (χ3v) is 6.25. The van der Waals surface area contributed by atoms with E-state index in [0.29, 0.717) is 5.69 Å². The Hall–Kier alpha value is -1.98. The van der Waals surface area contributed by atoms with Crippen LogP contribution >= 0.6 is 11.3 Å². The molecule has 3 rings (SSSR count). The van der Waals surface area contributed by atoms with Gasteiger partial charge in [-0.05, 0) is 25.0 Å². The molecule has 0 saturated carbocycles. The lowest BCUT2D eigenvalue weighted by Gasteiger charge is -2.07. The van der Waals surface area contributed by atoms with Crippen molar-refractivity contribution in [3.05, 3.63) is 76.3 Å². The monoisotopic (exact) mass is 357 g/mol. The zero-order valence-corrected chi connectivity index (χ0v) is 15.3. The Balaban J connectivity index is 1.78. The standard InChI is InChI=1S/C19H19NO2S2/c1-14-8-9-15(2)17(10-14)12-24(21,22)13-18-11-23-19(20-18)16-6-4-3-5-7-16/h3-11H,12-13H2,1-2H3. The molecule has 0 amide bonds. The van der Waals surface area contributed by atoms with Crippen LogP contribution in [-0.2, 0) is 21.3 Å². The van der Waals surface area contributed by atoms with Gasteiger partial charge >= 0.3 is 0 Å². The zero-order chi connectivity index (χ0) is 17.2. The molecule has 5 heteroatoms. The van der Waals surface area contributed by atoms with Crippen LogP contribution in [0.25, 0.3) is 10.6 Å². The number of rotatable bonds is 5. The van der Waals surface area contributed by atoms with Crippen LogP contribution in [0.1, 0.15) is 22.4 Å². The van der Waals surface area contributed by atoms with E-state index in [1.54, 1.807) is 0 Å². The van der Waals surface area contributed by atoms with Gasteiger partial charge in [0.05, 0.1) is 17.2 Å². The van der Waals surface area contributed by atoms with E-state index < -0.39 is 9.84 Å². The first-order valence-corrected chi connectivity index (χ1v) is 10.4. The van der Waals surface area contributed by atoms with Gasteiger partial charge in [-0.25, -0.2) is 13.4 Å². The second-order valence-corrected chi connectivity index (χ2v) is 8.89. The minimum atomic E-state index is -3.25. The summed E-state index contributed by atoms with van der Waals surface area (Å²) in [5.74, 6) is 0.0302. The number of nitrogens with zero attached hydrogens (tertiary/aromatic N) is 1. The molecular weight excluding hydrogens is 338 g/mol. The van der Waals surface area contributed by atoms with Gasteiger partial charge in [0, 0.05) is 10.9 Å². The molecule has 0 aliphatic rings. The van der Waals surface area contributed by atoms with Gasteiger partial charge in [0.2, 0.25) is 0 Å². The SMILES string of the molecule is Cc1ccc(C)c(CS(=O)(=O)Cc2csc(-c3ccccc3)n2)c1. The van der Waals surface area contributed by atoms with Crippen molar-refractivity contribution in [1.82, 2.24) is 4.98 Å². The van der Waals surface area contributed by atoms with Gasteiger partial charge in [-0.3, -0.25) is 0 Å². The molecule has 0 N–H and O–H groups in total. The molecule has 0 aliphatic carbocycles. The lowest BCUT2D eigenvalue weighted by atomic mass is 10.1. The predicted octanol–water partition coefficient (Wildman–Crippen LogP) is 4.54. The summed E-state index contributed by atoms with van der Waals surface area (Å²) in [6, 6.07) is 15.7. The lowest BCUT2D eigenvalue weighted by molar-refractivity contribution is 0.594. The second kappa shape index (κ2) is 6.87. The van der Waals surface area contributed by atoms with E-state index in [4.69, 9.17) is 0 Å². The van der Waals surface area contributed by atoms with E-state index in [2.05, 4.69) is 4.98 Å². The third-order valence-electron chi connectivity index (χ3n) is 3.82. The first kappa shape index (κ1) is 16.9. The van der Waals surface area contributed by atoms with Crippen LogP contribution in [0, 0.1) is 13.8 Å². The fourth-order valence-corrected chi connectivity index (χ4v) is 4.97. The third kappa shape index (κ3) is 4.10. The van der Waals surface area contributed by atoms with Gasteiger partial charge in [-0.15, -0.1) is 11.3 Å². The first-order chi connectivity index (χ1) is 11.4. The Morgan fingerprint density at radius 2 is 1.75 bits per heavy atom. The van der Waals surface area contributed by atoms with Gasteiger partial charge in [0.1, 0.15) is 5.01 Å². The van der Waals surface area contributed by atoms with Crippen LogP contribution in [0.2, 0.25) is 0 Å². The van der Waals surface area contributed by atoms with Gasteiger partial charge < -0.3 is 0 Å². The normalized spacial score (nSPS) is 11.6. The number of thiazole rings is 1. The molecule has 0 saturated heterocycles.